The first kappa shape index (κ1) is 16.1. The SMILES string of the molecule is O=C(NC1CCN(CC2CCOC2)CC1)C1CC(F)(F)CN1. The molecular formula is C15H25F2N3O2. The Morgan fingerprint density at radius 3 is 2.68 bits per heavy atom. The molecule has 3 aliphatic heterocycles. The van der Waals surface area contributed by atoms with Gasteiger partial charge < -0.3 is 15.0 Å². The molecule has 7 heteroatoms. The van der Waals surface area contributed by atoms with Gasteiger partial charge in [-0.3, -0.25) is 10.1 Å². The maximum atomic E-state index is 13.1. The number of nitrogens with zero attached hydrogens (tertiary/aromatic N) is 1. The van der Waals surface area contributed by atoms with Crippen LogP contribution in [0.5, 0.6) is 0 Å². The zero-order chi connectivity index (χ0) is 15.6. The molecule has 3 aliphatic rings. The van der Waals surface area contributed by atoms with E-state index in [0.29, 0.717) is 5.92 Å². The van der Waals surface area contributed by atoms with Gasteiger partial charge >= 0.3 is 0 Å². The lowest BCUT2D eigenvalue weighted by atomic mass is 10.0. The van der Waals surface area contributed by atoms with Crippen molar-refractivity contribution in [2.24, 2.45) is 5.92 Å². The second-order valence-electron chi connectivity index (χ2n) is 6.81. The standard InChI is InChI=1S/C15H25F2N3O2/c16-15(17)7-13(18-10-15)14(21)19-12-1-4-20(5-2-12)8-11-3-6-22-9-11/h11-13,18H,1-10H2,(H,19,21). The van der Waals surface area contributed by atoms with Gasteiger partial charge in [-0.15, -0.1) is 0 Å². The molecule has 0 aliphatic carbocycles. The molecule has 2 unspecified atom stereocenters. The molecule has 126 valence electrons. The van der Waals surface area contributed by atoms with E-state index in [0.717, 1.165) is 52.1 Å². The fourth-order valence-electron chi connectivity index (χ4n) is 3.56. The van der Waals surface area contributed by atoms with Gasteiger partial charge in [0.25, 0.3) is 5.92 Å². The molecule has 0 saturated carbocycles. The fraction of sp³-hybridized carbons (Fsp3) is 0.933. The third-order valence-electron chi connectivity index (χ3n) is 4.90. The first-order valence-electron chi connectivity index (χ1n) is 8.23. The fourth-order valence-corrected chi connectivity index (χ4v) is 3.56. The van der Waals surface area contributed by atoms with Gasteiger partial charge in [0.2, 0.25) is 5.91 Å². The smallest absolute Gasteiger partial charge is 0.262 e. The van der Waals surface area contributed by atoms with E-state index in [-0.39, 0.29) is 18.4 Å². The summed E-state index contributed by atoms with van der Waals surface area (Å²) in [5, 5.41) is 5.53. The molecule has 1 amide bonds. The Labute approximate surface area is 129 Å². The van der Waals surface area contributed by atoms with Gasteiger partial charge in [-0.2, -0.15) is 0 Å². The summed E-state index contributed by atoms with van der Waals surface area (Å²) in [5.74, 6) is -2.40. The summed E-state index contributed by atoms with van der Waals surface area (Å²) in [7, 11) is 0. The maximum absolute atomic E-state index is 13.1. The van der Waals surface area contributed by atoms with Gasteiger partial charge in [0.05, 0.1) is 19.2 Å². The molecule has 0 aromatic carbocycles. The predicted molar refractivity (Wildman–Crippen MR) is 77.9 cm³/mol. The Bertz CT molecular complexity index is 394. The molecule has 3 saturated heterocycles. The van der Waals surface area contributed by atoms with Crippen LogP contribution in [0.25, 0.3) is 0 Å². The van der Waals surface area contributed by atoms with Crippen molar-refractivity contribution < 1.29 is 18.3 Å². The van der Waals surface area contributed by atoms with E-state index in [2.05, 4.69) is 15.5 Å². The van der Waals surface area contributed by atoms with E-state index in [1.165, 1.54) is 0 Å². The molecular weight excluding hydrogens is 292 g/mol. The number of carbonyl (C=O) groups is 1. The van der Waals surface area contributed by atoms with Gasteiger partial charge in [-0.1, -0.05) is 0 Å². The number of carbonyl (C=O) groups excluding carboxylic acids is 1. The molecule has 0 aromatic rings. The quantitative estimate of drug-likeness (QED) is 0.797. The topological polar surface area (TPSA) is 53.6 Å². The second-order valence-corrected chi connectivity index (χ2v) is 6.81. The van der Waals surface area contributed by atoms with Crippen molar-refractivity contribution in [3.05, 3.63) is 0 Å². The van der Waals surface area contributed by atoms with E-state index < -0.39 is 18.5 Å². The zero-order valence-corrected chi connectivity index (χ0v) is 12.8. The van der Waals surface area contributed by atoms with Crippen molar-refractivity contribution in [2.45, 2.75) is 43.7 Å². The molecule has 2 N–H and O–H groups in total. The predicted octanol–water partition coefficient (Wildman–Crippen LogP) is 0.601. The van der Waals surface area contributed by atoms with Crippen molar-refractivity contribution in [3.63, 3.8) is 0 Å². The Morgan fingerprint density at radius 1 is 1.32 bits per heavy atom. The largest absolute Gasteiger partial charge is 0.381 e. The highest BCUT2D eigenvalue weighted by Crippen LogP contribution is 2.25. The van der Waals surface area contributed by atoms with Crippen LogP contribution < -0.4 is 10.6 Å². The average Bonchev–Trinajstić information content (AvgIpc) is 3.10. The lowest BCUT2D eigenvalue weighted by Crippen LogP contribution is -2.50. The van der Waals surface area contributed by atoms with Crippen LogP contribution in [0.2, 0.25) is 0 Å². The monoisotopic (exact) mass is 317 g/mol. The third kappa shape index (κ3) is 4.14. The van der Waals surface area contributed by atoms with Crippen LogP contribution in [0.4, 0.5) is 8.78 Å². The van der Waals surface area contributed by atoms with Gasteiger partial charge in [-0.25, -0.2) is 8.78 Å². The summed E-state index contributed by atoms with van der Waals surface area (Å²) in [5.41, 5.74) is 0. The van der Waals surface area contributed by atoms with Gasteiger partial charge in [-0.05, 0) is 25.2 Å². The summed E-state index contributed by atoms with van der Waals surface area (Å²) in [6.07, 6.45) is 2.53. The molecule has 0 bridgehead atoms. The van der Waals surface area contributed by atoms with Gasteiger partial charge in [0.1, 0.15) is 0 Å². The molecule has 3 heterocycles. The number of ether oxygens (including phenoxy) is 1. The first-order valence-corrected chi connectivity index (χ1v) is 8.23. The Kier molecular flexibility index (Phi) is 4.94. The maximum Gasteiger partial charge on any atom is 0.262 e. The number of halogens is 2. The normalized spacial score (nSPS) is 33.2. The minimum atomic E-state index is -2.76. The molecule has 0 spiro atoms. The van der Waals surface area contributed by atoms with Crippen LogP contribution in [0.1, 0.15) is 25.7 Å². The third-order valence-corrected chi connectivity index (χ3v) is 4.90. The minimum Gasteiger partial charge on any atom is -0.381 e. The Balaban J connectivity index is 1.37. The molecule has 22 heavy (non-hydrogen) atoms. The highest BCUT2D eigenvalue weighted by Gasteiger charge is 2.42. The summed E-state index contributed by atoms with van der Waals surface area (Å²) in [6, 6.07) is -0.636. The van der Waals surface area contributed by atoms with Crippen LogP contribution in [0.15, 0.2) is 0 Å². The van der Waals surface area contributed by atoms with E-state index >= 15 is 0 Å². The highest BCUT2D eigenvalue weighted by atomic mass is 19.3. The van der Waals surface area contributed by atoms with Crippen molar-refractivity contribution in [1.29, 1.82) is 0 Å². The summed E-state index contributed by atoms with van der Waals surface area (Å²) in [4.78, 5) is 14.4. The van der Waals surface area contributed by atoms with Gasteiger partial charge in [0.15, 0.2) is 0 Å². The Morgan fingerprint density at radius 2 is 2.09 bits per heavy atom. The van der Waals surface area contributed by atoms with Crippen LogP contribution in [0, 0.1) is 5.92 Å². The number of piperidine rings is 1. The zero-order valence-electron chi connectivity index (χ0n) is 12.8. The molecule has 0 aromatic heterocycles. The number of alkyl halides is 2. The Hall–Kier alpha value is -0.790. The summed E-state index contributed by atoms with van der Waals surface area (Å²) < 4.78 is 31.6. The van der Waals surface area contributed by atoms with E-state index in [4.69, 9.17) is 4.74 Å². The summed E-state index contributed by atoms with van der Waals surface area (Å²) >= 11 is 0. The van der Waals surface area contributed by atoms with Crippen LogP contribution in [-0.4, -0.2) is 68.2 Å². The van der Waals surface area contributed by atoms with Crippen LogP contribution >= 0.6 is 0 Å². The van der Waals surface area contributed by atoms with E-state index in [9.17, 15) is 13.6 Å². The molecule has 3 rings (SSSR count). The van der Waals surface area contributed by atoms with Crippen molar-refractivity contribution in [3.8, 4) is 0 Å². The lowest BCUT2D eigenvalue weighted by molar-refractivity contribution is -0.124. The molecule has 5 nitrogen and oxygen atoms in total. The lowest BCUT2D eigenvalue weighted by Gasteiger charge is -2.34. The number of hydrogen-bond donors (Lipinski definition) is 2. The van der Waals surface area contributed by atoms with Crippen molar-refractivity contribution in [1.82, 2.24) is 15.5 Å². The number of hydrogen-bond acceptors (Lipinski definition) is 4. The second kappa shape index (κ2) is 6.76. The van der Waals surface area contributed by atoms with E-state index in [1.807, 2.05) is 0 Å². The highest BCUT2D eigenvalue weighted by molar-refractivity contribution is 5.82. The van der Waals surface area contributed by atoms with E-state index in [1.54, 1.807) is 0 Å². The number of rotatable bonds is 4. The molecule has 3 fully saturated rings. The van der Waals surface area contributed by atoms with Crippen molar-refractivity contribution in [2.75, 3.05) is 39.4 Å². The first-order chi connectivity index (χ1) is 10.5. The summed E-state index contributed by atoms with van der Waals surface area (Å²) in [6.45, 7) is 4.31. The molecule has 2 atom stereocenters. The minimum absolute atomic E-state index is 0.111. The number of nitrogens with one attached hydrogen (secondary N) is 2. The van der Waals surface area contributed by atoms with Crippen molar-refractivity contribution >= 4 is 5.91 Å². The average molecular weight is 317 g/mol. The van der Waals surface area contributed by atoms with Gasteiger partial charge in [0, 0.05) is 38.7 Å². The van der Waals surface area contributed by atoms with Crippen LogP contribution in [-0.2, 0) is 9.53 Å². The van der Waals surface area contributed by atoms with Crippen LogP contribution in [0.3, 0.4) is 0 Å². The number of likely N-dealkylation sites (tertiary alicyclic amines) is 1. The number of amides is 1. The molecule has 0 radical (unpaired) electrons.